The van der Waals surface area contributed by atoms with Crippen LogP contribution in [0.25, 0.3) is 0 Å². The second kappa shape index (κ2) is 1.53. The lowest BCUT2D eigenvalue weighted by atomic mass is 10.2. The summed E-state index contributed by atoms with van der Waals surface area (Å²) in [6.45, 7) is 4.58. The Labute approximate surface area is 57.9 Å². The summed E-state index contributed by atoms with van der Waals surface area (Å²) < 4.78 is 0. The third-order valence-corrected chi connectivity index (χ3v) is 2.82. The molecule has 2 saturated heterocycles. The van der Waals surface area contributed by atoms with Crippen molar-refractivity contribution in [3.8, 4) is 0 Å². The Morgan fingerprint density at radius 2 is 2.56 bits per heavy atom. The standard InChI is InChI=1S/C6H7NOS/c1-4-3-7-5(8)2-6(7)9-4/h6H,1-3H2. The highest BCUT2D eigenvalue weighted by Gasteiger charge is 2.41. The van der Waals surface area contributed by atoms with Crippen LogP contribution in [-0.2, 0) is 4.79 Å². The number of carbonyl (C=O) groups is 1. The first-order valence-corrected chi connectivity index (χ1v) is 3.79. The van der Waals surface area contributed by atoms with Crippen LogP contribution in [0.15, 0.2) is 11.5 Å². The van der Waals surface area contributed by atoms with Crippen molar-refractivity contribution in [1.82, 2.24) is 4.90 Å². The van der Waals surface area contributed by atoms with Crippen LogP contribution in [0.4, 0.5) is 0 Å². The highest BCUT2D eigenvalue weighted by Crippen LogP contribution is 2.40. The Balaban J connectivity index is 2.16. The van der Waals surface area contributed by atoms with E-state index in [1.807, 2.05) is 4.90 Å². The van der Waals surface area contributed by atoms with Crippen molar-refractivity contribution in [1.29, 1.82) is 0 Å². The minimum absolute atomic E-state index is 0.283. The van der Waals surface area contributed by atoms with E-state index in [4.69, 9.17) is 0 Å². The zero-order valence-electron chi connectivity index (χ0n) is 4.96. The molecule has 9 heavy (non-hydrogen) atoms. The number of fused-ring (bicyclic) bond motifs is 1. The quantitative estimate of drug-likeness (QED) is 0.465. The molecule has 0 radical (unpaired) electrons. The summed E-state index contributed by atoms with van der Waals surface area (Å²) in [5.74, 6) is 0.283. The Bertz CT molecular complexity index is 187. The second-order valence-electron chi connectivity index (χ2n) is 2.34. The lowest BCUT2D eigenvalue weighted by Crippen LogP contribution is -2.46. The summed E-state index contributed by atoms with van der Waals surface area (Å²) >= 11 is 1.73. The largest absolute Gasteiger partial charge is 0.325 e. The van der Waals surface area contributed by atoms with Gasteiger partial charge in [0.2, 0.25) is 5.91 Å². The van der Waals surface area contributed by atoms with Gasteiger partial charge in [-0.3, -0.25) is 4.79 Å². The third kappa shape index (κ3) is 0.611. The Hall–Kier alpha value is -0.440. The average Bonchev–Trinajstić information content (AvgIpc) is 2.08. The molecule has 2 aliphatic heterocycles. The summed E-state index contributed by atoms with van der Waals surface area (Å²) in [6, 6.07) is 0. The van der Waals surface area contributed by atoms with E-state index in [-0.39, 0.29) is 5.91 Å². The molecular formula is C6H7NOS. The van der Waals surface area contributed by atoms with Crippen LogP contribution in [0.2, 0.25) is 0 Å². The molecular weight excluding hydrogens is 134 g/mol. The third-order valence-electron chi connectivity index (χ3n) is 1.67. The highest BCUT2D eigenvalue weighted by molar-refractivity contribution is 8.04. The maximum absolute atomic E-state index is 10.7. The molecule has 0 N–H and O–H groups in total. The van der Waals surface area contributed by atoms with Crippen LogP contribution in [0.5, 0.6) is 0 Å². The minimum atomic E-state index is 0.283. The molecule has 2 nitrogen and oxygen atoms in total. The van der Waals surface area contributed by atoms with Crippen LogP contribution >= 0.6 is 11.8 Å². The second-order valence-corrected chi connectivity index (χ2v) is 3.69. The molecule has 0 aliphatic carbocycles. The van der Waals surface area contributed by atoms with Gasteiger partial charge in [-0.1, -0.05) is 6.58 Å². The molecule has 2 rings (SSSR count). The van der Waals surface area contributed by atoms with Crippen molar-refractivity contribution in [2.24, 2.45) is 0 Å². The molecule has 2 heterocycles. The predicted octanol–water partition coefficient (Wildman–Crippen LogP) is 0.805. The Morgan fingerprint density at radius 1 is 1.78 bits per heavy atom. The van der Waals surface area contributed by atoms with Crippen LogP contribution in [0.1, 0.15) is 6.42 Å². The molecule has 1 unspecified atom stereocenters. The van der Waals surface area contributed by atoms with Gasteiger partial charge in [0.05, 0.1) is 18.3 Å². The first-order valence-electron chi connectivity index (χ1n) is 2.91. The first kappa shape index (κ1) is 5.35. The SMILES string of the molecule is C=C1CN2C(=O)CC2S1. The normalized spacial score (nSPS) is 32.4. The van der Waals surface area contributed by atoms with Crippen LogP contribution < -0.4 is 0 Å². The fraction of sp³-hybridized carbons (Fsp3) is 0.500. The number of thioether (sulfide) groups is 1. The van der Waals surface area contributed by atoms with E-state index in [2.05, 4.69) is 6.58 Å². The molecule has 0 spiro atoms. The van der Waals surface area contributed by atoms with Crippen molar-refractivity contribution >= 4 is 17.7 Å². The Kier molecular flexibility index (Phi) is 0.913. The summed E-state index contributed by atoms with van der Waals surface area (Å²) in [6.07, 6.45) is 0.726. The molecule has 0 aromatic rings. The van der Waals surface area contributed by atoms with Crippen LogP contribution in [0.3, 0.4) is 0 Å². The van der Waals surface area contributed by atoms with Gasteiger partial charge in [0.25, 0.3) is 0 Å². The van der Waals surface area contributed by atoms with Crippen molar-refractivity contribution in [3.05, 3.63) is 11.5 Å². The molecule has 3 heteroatoms. The van der Waals surface area contributed by atoms with Gasteiger partial charge in [0.1, 0.15) is 0 Å². The zero-order valence-corrected chi connectivity index (χ0v) is 5.78. The van der Waals surface area contributed by atoms with E-state index in [9.17, 15) is 4.79 Å². The van der Waals surface area contributed by atoms with Gasteiger partial charge in [-0.05, 0) is 4.91 Å². The maximum atomic E-state index is 10.7. The summed E-state index contributed by atoms with van der Waals surface area (Å²) in [5.41, 5.74) is 0. The molecule has 0 aromatic carbocycles. The van der Waals surface area contributed by atoms with E-state index < -0.39 is 0 Å². The monoisotopic (exact) mass is 141 g/mol. The predicted molar refractivity (Wildman–Crippen MR) is 36.8 cm³/mol. The van der Waals surface area contributed by atoms with Gasteiger partial charge in [0, 0.05) is 0 Å². The van der Waals surface area contributed by atoms with Gasteiger partial charge >= 0.3 is 0 Å². The lowest BCUT2D eigenvalue weighted by molar-refractivity contribution is -0.140. The summed E-state index contributed by atoms with van der Waals surface area (Å²) in [5, 5.41) is 0.449. The molecule has 2 aliphatic rings. The fourth-order valence-electron chi connectivity index (χ4n) is 1.14. The number of β-lactam (4-membered cyclic amide) rings is 1. The smallest absolute Gasteiger partial charge is 0.226 e. The van der Waals surface area contributed by atoms with E-state index in [0.29, 0.717) is 5.37 Å². The molecule has 0 bridgehead atoms. The first-order chi connectivity index (χ1) is 4.27. The molecule has 2 fully saturated rings. The summed E-state index contributed by atoms with van der Waals surface area (Å²) in [7, 11) is 0. The molecule has 0 saturated carbocycles. The zero-order chi connectivity index (χ0) is 6.43. The van der Waals surface area contributed by atoms with Gasteiger partial charge in [-0.25, -0.2) is 0 Å². The molecule has 1 atom stereocenters. The topological polar surface area (TPSA) is 20.3 Å². The van der Waals surface area contributed by atoms with Crippen molar-refractivity contribution in [2.45, 2.75) is 11.8 Å². The van der Waals surface area contributed by atoms with Crippen LogP contribution in [-0.4, -0.2) is 22.7 Å². The molecule has 1 amide bonds. The number of rotatable bonds is 0. The van der Waals surface area contributed by atoms with Gasteiger partial charge in [-0.15, -0.1) is 11.8 Å². The van der Waals surface area contributed by atoms with Crippen LogP contribution in [0, 0.1) is 0 Å². The van der Waals surface area contributed by atoms with Crippen molar-refractivity contribution in [2.75, 3.05) is 6.54 Å². The van der Waals surface area contributed by atoms with Gasteiger partial charge in [-0.2, -0.15) is 0 Å². The number of hydrogen-bond acceptors (Lipinski definition) is 2. The number of hydrogen-bond donors (Lipinski definition) is 0. The van der Waals surface area contributed by atoms with E-state index >= 15 is 0 Å². The van der Waals surface area contributed by atoms with Crippen molar-refractivity contribution in [3.63, 3.8) is 0 Å². The van der Waals surface area contributed by atoms with Gasteiger partial charge in [0.15, 0.2) is 0 Å². The molecule has 0 aromatic heterocycles. The van der Waals surface area contributed by atoms with E-state index in [1.165, 1.54) is 0 Å². The number of carbonyl (C=O) groups excluding carboxylic acids is 1. The molecule has 48 valence electrons. The maximum Gasteiger partial charge on any atom is 0.226 e. The number of nitrogens with zero attached hydrogens (tertiary/aromatic N) is 1. The number of amides is 1. The van der Waals surface area contributed by atoms with Gasteiger partial charge < -0.3 is 4.90 Å². The minimum Gasteiger partial charge on any atom is -0.325 e. The lowest BCUT2D eigenvalue weighted by Gasteiger charge is -2.32. The van der Waals surface area contributed by atoms with E-state index in [1.54, 1.807) is 11.8 Å². The fourth-order valence-corrected chi connectivity index (χ4v) is 2.28. The van der Waals surface area contributed by atoms with Crippen molar-refractivity contribution < 1.29 is 4.79 Å². The summed E-state index contributed by atoms with van der Waals surface area (Å²) in [4.78, 5) is 13.7. The van der Waals surface area contributed by atoms with E-state index in [0.717, 1.165) is 17.9 Å². The highest BCUT2D eigenvalue weighted by atomic mass is 32.2. The average molecular weight is 141 g/mol. The Morgan fingerprint density at radius 3 is 3.00 bits per heavy atom.